The zero-order valence-electron chi connectivity index (χ0n) is 8.10. The Morgan fingerprint density at radius 1 is 1.20 bits per heavy atom. The summed E-state index contributed by atoms with van der Waals surface area (Å²) in [5.41, 5.74) is 0. The highest BCUT2D eigenvalue weighted by atomic mass is 16.5. The minimum Gasteiger partial charge on any atom is -0.504 e. The van der Waals surface area contributed by atoms with Crippen LogP contribution in [0.3, 0.4) is 0 Å². The topological polar surface area (TPSA) is 29.5 Å². The number of rotatable bonds is 2. The molecule has 0 fully saturated rings. The lowest BCUT2D eigenvalue weighted by atomic mass is 10.1. The molecule has 0 aliphatic carbocycles. The summed E-state index contributed by atoms with van der Waals surface area (Å²) in [6.07, 6.45) is 5.08. The van der Waals surface area contributed by atoms with Crippen LogP contribution in [0, 0.1) is 12.3 Å². The molecule has 0 atom stereocenters. The van der Waals surface area contributed by atoms with Crippen molar-refractivity contribution in [1.29, 1.82) is 0 Å². The van der Waals surface area contributed by atoms with Gasteiger partial charge in [0.1, 0.15) is 6.61 Å². The van der Waals surface area contributed by atoms with Crippen molar-refractivity contribution in [2.75, 3.05) is 6.61 Å². The van der Waals surface area contributed by atoms with Gasteiger partial charge in [0.05, 0.1) is 0 Å². The van der Waals surface area contributed by atoms with Gasteiger partial charge in [0.15, 0.2) is 11.5 Å². The van der Waals surface area contributed by atoms with Gasteiger partial charge in [-0.2, -0.15) is 0 Å². The quantitative estimate of drug-likeness (QED) is 0.751. The van der Waals surface area contributed by atoms with E-state index in [-0.39, 0.29) is 12.4 Å². The second kappa shape index (κ2) is 3.93. The van der Waals surface area contributed by atoms with Crippen LogP contribution in [0.15, 0.2) is 36.4 Å². The Balaban J connectivity index is 2.48. The number of hydrogen-bond donors (Lipinski definition) is 1. The van der Waals surface area contributed by atoms with Crippen LogP contribution >= 0.6 is 0 Å². The zero-order valence-corrected chi connectivity index (χ0v) is 8.10. The van der Waals surface area contributed by atoms with Gasteiger partial charge >= 0.3 is 0 Å². The zero-order chi connectivity index (χ0) is 10.7. The molecule has 0 amide bonds. The average Bonchev–Trinajstić information content (AvgIpc) is 2.26. The minimum absolute atomic E-state index is 0.115. The van der Waals surface area contributed by atoms with E-state index < -0.39 is 0 Å². The third-order valence-corrected chi connectivity index (χ3v) is 2.14. The molecule has 0 bridgehead atoms. The Kier molecular flexibility index (Phi) is 2.47. The summed E-state index contributed by atoms with van der Waals surface area (Å²) in [6.45, 7) is 0.159. The molecule has 2 aromatic carbocycles. The molecule has 0 spiro atoms. The van der Waals surface area contributed by atoms with Gasteiger partial charge in [-0.15, -0.1) is 6.42 Å². The lowest BCUT2D eigenvalue weighted by Crippen LogP contribution is -1.93. The highest BCUT2D eigenvalue weighted by Gasteiger charge is 2.03. The molecule has 74 valence electrons. The van der Waals surface area contributed by atoms with E-state index in [1.54, 1.807) is 12.1 Å². The van der Waals surface area contributed by atoms with Gasteiger partial charge < -0.3 is 9.84 Å². The number of terminal acetylenes is 1. The highest BCUT2D eigenvalue weighted by molar-refractivity contribution is 5.85. The van der Waals surface area contributed by atoms with Gasteiger partial charge in [-0.1, -0.05) is 30.2 Å². The minimum atomic E-state index is 0.115. The molecular formula is C13H10O2. The molecule has 2 heteroatoms. The summed E-state index contributed by atoms with van der Waals surface area (Å²) in [7, 11) is 0. The Morgan fingerprint density at radius 3 is 2.53 bits per heavy atom. The largest absolute Gasteiger partial charge is 0.504 e. The predicted molar refractivity (Wildman–Crippen MR) is 59.9 cm³/mol. The molecule has 2 nitrogen and oxygen atoms in total. The first-order valence-corrected chi connectivity index (χ1v) is 4.59. The van der Waals surface area contributed by atoms with Crippen LogP contribution in [-0.2, 0) is 0 Å². The van der Waals surface area contributed by atoms with E-state index in [2.05, 4.69) is 5.92 Å². The molecule has 0 saturated carbocycles. The molecule has 0 heterocycles. The second-order valence-electron chi connectivity index (χ2n) is 3.16. The Morgan fingerprint density at radius 2 is 1.87 bits per heavy atom. The van der Waals surface area contributed by atoms with E-state index in [4.69, 9.17) is 11.2 Å². The van der Waals surface area contributed by atoms with Crippen molar-refractivity contribution in [3.63, 3.8) is 0 Å². The summed E-state index contributed by atoms with van der Waals surface area (Å²) >= 11 is 0. The maximum Gasteiger partial charge on any atom is 0.163 e. The van der Waals surface area contributed by atoms with Crippen molar-refractivity contribution < 1.29 is 9.84 Å². The molecule has 2 rings (SSSR count). The van der Waals surface area contributed by atoms with Crippen molar-refractivity contribution in [2.24, 2.45) is 0 Å². The van der Waals surface area contributed by atoms with E-state index >= 15 is 0 Å². The van der Waals surface area contributed by atoms with Crippen LogP contribution in [0.5, 0.6) is 11.5 Å². The van der Waals surface area contributed by atoms with E-state index in [0.717, 1.165) is 10.8 Å². The average molecular weight is 198 g/mol. The maximum atomic E-state index is 9.64. The first-order chi connectivity index (χ1) is 7.31. The van der Waals surface area contributed by atoms with Crippen LogP contribution in [0.1, 0.15) is 0 Å². The van der Waals surface area contributed by atoms with Crippen molar-refractivity contribution in [1.82, 2.24) is 0 Å². The second-order valence-corrected chi connectivity index (χ2v) is 3.16. The fourth-order valence-electron chi connectivity index (χ4n) is 1.44. The van der Waals surface area contributed by atoms with Gasteiger partial charge in [-0.25, -0.2) is 0 Å². The van der Waals surface area contributed by atoms with Crippen molar-refractivity contribution in [3.05, 3.63) is 36.4 Å². The fourth-order valence-corrected chi connectivity index (χ4v) is 1.44. The lowest BCUT2D eigenvalue weighted by Gasteiger charge is -2.06. The third-order valence-electron chi connectivity index (χ3n) is 2.14. The molecule has 0 aliphatic heterocycles. The lowest BCUT2D eigenvalue weighted by molar-refractivity contribution is 0.342. The van der Waals surface area contributed by atoms with E-state index in [9.17, 15) is 5.11 Å². The molecule has 0 unspecified atom stereocenters. The van der Waals surface area contributed by atoms with Gasteiger partial charge in [0, 0.05) is 0 Å². The molecule has 0 saturated heterocycles. The smallest absolute Gasteiger partial charge is 0.163 e. The van der Waals surface area contributed by atoms with Crippen LogP contribution in [0.25, 0.3) is 10.8 Å². The van der Waals surface area contributed by atoms with Crippen LogP contribution in [-0.4, -0.2) is 11.7 Å². The summed E-state index contributed by atoms with van der Waals surface area (Å²) in [4.78, 5) is 0. The molecule has 2 aromatic rings. The summed E-state index contributed by atoms with van der Waals surface area (Å²) < 4.78 is 5.21. The number of benzene rings is 2. The number of aromatic hydroxyl groups is 1. The van der Waals surface area contributed by atoms with E-state index in [1.165, 1.54) is 0 Å². The van der Waals surface area contributed by atoms with Gasteiger partial charge in [-0.3, -0.25) is 0 Å². The SMILES string of the molecule is C#CCOc1cc2ccccc2cc1O. The Labute approximate surface area is 88.1 Å². The van der Waals surface area contributed by atoms with Crippen LogP contribution in [0.2, 0.25) is 0 Å². The number of ether oxygens (including phenoxy) is 1. The Bertz CT molecular complexity index is 524. The van der Waals surface area contributed by atoms with Crippen LogP contribution < -0.4 is 4.74 Å². The third kappa shape index (κ3) is 1.87. The van der Waals surface area contributed by atoms with Crippen molar-refractivity contribution >= 4 is 10.8 Å². The maximum absolute atomic E-state index is 9.64. The fraction of sp³-hybridized carbons (Fsp3) is 0.0769. The van der Waals surface area contributed by atoms with Gasteiger partial charge in [0.25, 0.3) is 0 Å². The summed E-state index contributed by atoms with van der Waals surface area (Å²) in [6, 6.07) is 11.2. The predicted octanol–water partition coefficient (Wildman–Crippen LogP) is 2.56. The first-order valence-electron chi connectivity index (χ1n) is 4.59. The summed E-state index contributed by atoms with van der Waals surface area (Å²) in [5.74, 6) is 2.90. The number of phenols is 1. The molecule has 1 N–H and O–H groups in total. The number of hydrogen-bond acceptors (Lipinski definition) is 2. The van der Waals surface area contributed by atoms with Gasteiger partial charge in [0.2, 0.25) is 0 Å². The number of fused-ring (bicyclic) bond motifs is 1. The molecule has 0 radical (unpaired) electrons. The highest BCUT2D eigenvalue weighted by Crippen LogP contribution is 2.31. The molecule has 0 aromatic heterocycles. The number of phenolic OH excluding ortho intramolecular Hbond substituents is 1. The monoisotopic (exact) mass is 198 g/mol. The standard InChI is InChI=1S/C13H10O2/c1-2-7-15-13-9-11-6-4-3-5-10(11)8-12(13)14/h1,3-6,8-9,14H,7H2. The van der Waals surface area contributed by atoms with Crippen molar-refractivity contribution in [3.8, 4) is 23.8 Å². The Hall–Kier alpha value is -2.14. The van der Waals surface area contributed by atoms with Crippen molar-refractivity contribution in [2.45, 2.75) is 0 Å². The molecule has 15 heavy (non-hydrogen) atoms. The molecular weight excluding hydrogens is 188 g/mol. The molecule has 0 aliphatic rings. The first kappa shape index (κ1) is 9.42. The summed E-state index contributed by atoms with van der Waals surface area (Å²) in [5, 5.41) is 11.6. The van der Waals surface area contributed by atoms with E-state index in [0.29, 0.717) is 5.75 Å². The van der Waals surface area contributed by atoms with Gasteiger partial charge in [-0.05, 0) is 22.9 Å². The van der Waals surface area contributed by atoms with E-state index in [1.807, 2.05) is 24.3 Å². The normalized spacial score (nSPS) is 9.80. The van der Waals surface area contributed by atoms with Crippen LogP contribution in [0.4, 0.5) is 0 Å².